The van der Waals surface area contributed by atoms with Crippen LogP contribution in [-0.4, -0.2) is 29.1 Å². The van der Waals surface area contributed by atoms with Crippen molar-refractivity contribution in [3.8, 4) is 0 Å². The number of benzene rings is 1. The van der Waals surface area contributed by atoms with Crippen LogP contribution in [0.2, 0.25) is 0 Å². The van der Waals surface area contributed by atoms with Crippen LogP contribution < -0.4 is 0 Å². The van der Waals surface area contributed by atoms with E-state index in [1.807, 2.05) is 4.90 Å². The molecule has 0 heterocycles. The summed E-state index contributed by atoms with van der Waals surface area (Å²) in [6.45, 7) is 6.56. The van der Waals surface area contributed by atoms with E-state index in [-0.39, 0.29) is 5.82 Å². The Morgan fingerprint density at radius 1 is 1.56 bits per heavy atom. The first-order valence-corrected chi connectivity index (χ1v) is 5.84. The minimum Gasteiger partial charge on any atom is -0.481 e. The second-order valence-electron chi connectivity index (χ2n) is 4.31. The number of hydrogen-bond donors (Lipinski definition) is 1. The highest BCUT2D eigenvalue weighted by atomic mass is 19.1. The molecule has 18 heavy (non-hydrogen) atoms. The fourth-order valence-corrected chi connectivity index (χ4v) is 1.72. The van der Waals surface area contributed by atoms with Gasteiger partial charge in [0, 0.05) is 25.2 Å². The number of halogens is 1. The Labute approximate surface area is 107 Å². The van der Waals surface area contributed by atoms with Gasteiger partial charge in [-0.3, -0.25) is 9.69 Å². The van der Waals surface area contributed by atoms with Crippen LogP contribution in [0.3, 0.4) is 0 Å². The average Bonchev–Trinajstić information content (AvgIpc) is 2.32. The van der Waals surface area contributed by atoms with Gasteiger partial charge in [-0.1, -0.05) is 31.2 Å². The van der Waals surface area contributed by atoms with Gasteiger partial charge in [0.2, 0.25) is 0 Å². The molecule has 0 saturated heterocycles. The van der Waals surface area contributed by atoms with Gasteiger partial charge in [0.05, 0.1) is 5.92 Å². The summed E-state index contributed by atoms with van der Waals surface area (Å²) in [7, 11) is 0. The highest BCUT2D eigenvalue weighted by Gasteiger charge is 2.16. The van der Waals surface area contributed by atoms with E-state index in [2.05, 4.69) is 6.58 Å². The Hall–Kier alpha value is -1.68. The van der Waals surface area contributed by atoms with Gasteiger partial charge in [0.1, 0.15) is 5.82 Å². The normalized spacial score (nSPS) is 12.4. The third-order valence-corrected chi connectivity index (χ3v) is 2.69. The molecule has 1 aromatic rings. The average molecular weight is 251 g/mol. The fraction of sp³-hybridized carbons (Fsp3) is 0.357. The van der Waals surface area contributed by atoms with Crippen LogP contribution >= 0.6 is 0 Å². The molecule has 1 N–H and O–H groups in total. The lowest BCUT2D eigenvalue weighted by Crippen LogP contribution is -2.31. The van der Waals surface area contributed by atoms with Crippen LogP contribution in [0, 0.1) is 11.7 Å². The van der Waals surface area contributed by atoms with Crippen molar-refractivity contribution >= 4 is 5.97 Å². The van der Waals surface area contributed by atoms with Gasteiger partial charge in [0.15, 0.2) is 0 Å². The predicted molar refractivity (Wildman–Crippen MR) is 68.7 cm³/mol. The Kier molecular flexibility index (Phi) is 5.52. The predicted octanol–water partition coefficient (Wildman–Crippen LogP) is 2.53. The van der Waals surface area contributed by atoms with Crippen LogP contribution in [0.5, 0.6) is 0 Å². The minimum atomic E-state index is -0.849. The number of carbonyl (C=O) groups is 1. The summed E-state index contributed by atoms with van der Waals surface area (Å²) < 4.78 is 13.5. The highest BCUT2D eigenvalue weighted by molar-refractivity contribution is 5.69. The molecule has 98 valence electrons. The number of rotatable bonds is 7. The van der Waals surface area contributed by atoms with Crippen molar-refractivity contribution in [2.75, 3.05) is 13.1 Å². The summed E-state index contributed by atoms with van der Waals surface area (Å²) in [4.78, 5) is 12.7. The largest absolute Gasteiger partial charge is 0.481 e. The van der Waals surface area contributed by atoms with Crippen LogP contribution in [0.25, 0.3) is 0 Å². The standard InChI is InChI=1S/C14H18FNO2/c1-3-8-16(9-11(2)14(17)18)10-12-6-4-5-7-13(12)15/h3-7,11H,1,8-10H2,2H3,(H,17,18). The third-order valence-electron chi connectivity index (χ3n) is 2.69. The second kappa shape index (κ2) is 6.91. The first kappa shape index (κ1) is 14.4. The van der Waals surface area contributed by atoms with E-state index in [0.29, 0.717) is 25.2 Å². The first-order chi connectivity index (χ1) is 8.54. The number of nitrogens with zero attached hydrogens (tertiary/aromatic N) is 1. The maximum Gasteiger partial charge on any atom is 0.307 e. The Balaban J connectivity index is 2.71. The monoisotopic (exact) mass is 251 g/mol. The van der Waals surface area contributed by atoms with E-state index in [0.717, 1.165) is 0 Å². The molecule has 3 nitrogen and oxygen atoms in total. The van der Waals surface area contributed by atoms with Crippen molar-refractivity contribution < 1.29 is 14.3 Å². The zero-order valence-electron chi connectivity index (χ0n) is 10.5. The van der Waals surface area contributed by atoms with Crippen LogP contribution in [0.15, 0.2) is 36.9 Å². The molecule has 0 saturated carbocycles. The van der Waals surface area contributed by atoms with Crippen molar-refractivity contribution in [3.63, 3.8) is 0 Å². The SMILES string of the molecule is C=CCN(Cc1ccccc1F)CC(C)C(=O)O. The highest BCUT2D eigenvalue weighted by Crippen LogP contribution is 2.11. The quantitative estimate of drug-likeness (QED) is 0.757. The van der Waals surface area contributed by atoms with Crippen molar-refractivity contribution in [2.45, 2.75) is 13.5 Å². The van der Waals surface area contributed by atoms with Gasteiger partial charge < -0.3 is 5.11 Å². The van der Waals surface area contributed by atoms with Gasteiger partial charge in [0.25, 0.3) is 0 Å². The van der Waals surface area contributed by atoms with Gasteiger partial charge in [-0.05, 0) is 6.07 Å². The van der Waals surface area contributed by atoms with E-state index in [4.69, 9.17) is 5.11 Å². The van der Waals surface area contributed by atoms with Crippen LogP contribution in [0.1, 0.15) is 12.5 Å². The molecule has 1 aromatic carbocycles. The molecule has 0 aliphatic carbocycles. The van der Waals surface area contributed by atoms with Crippen LogP contribution in [-0.2, 0) is 11.3 Å². The number of hydrogen-bond acceptors (Lipinski definition) is 2. The molecule has 1 atom stereocenters. The number of carboxylic acids is 1. The summed E-state index contributed by atoms with van der Waals surface area (Å²) >= 11 is 0. The zero-order chi connectivity index (χ0) is 13.5. The van der Waals surface area contributed by atoms with Crippen molar-refractivity contribution in [1.82, 2.24) is 4.90 Å². The van der Waals surface area contributed by atoms with Gasteiger partial charge >= 0.3 is 5.97 Å². The third kappa shape index (κ3) is 4.30. The van der Waals surface area contributed by atoms with E-state index in [1.54, 1.807) is 31.2 Å². The molecule has 0 aliphatic heterocycles. The molecule has 0 aliphatic rings. The van der Waals surface area contributed by atoms with E-state index in [9.17, 15) is 9.18 Å². The molecule has 0 radical (unpaired) electrons. The Morgan fingerprint density at radius 3 is 2.78 bits per heavy atom. The summed E-state index contributed by atoms with van der Waals surface area (Å²) in [5, 5.41) is 8.89. The van der Waals surface area contributed by atoms with Crippen molar-refractivity contribution in [2.24, 2.45) is 5.92 Å². The molecular weight excluding hydrogens is 233 g/mol. The lowest BCUT2D eigenvalue weighted by atomic mass is 10.1. The lowest BCUT2D eigenvalue weighted by Gasteiger charge is -2.22. The van der Waals surface area contributed by atoms with Gasteiger partial charge in [-0.15, -0.1) is 6.58 Å². The molecule has 0 bridgehead atoms. The van der Waals surface area contributed by atoms with E-state index >= 15 is 0 Å². The van der Waals surface area contributed by atoms with E-state index < -0.39 is 11.9 Å². The molecule has 0 aromatic heterocycles. The number of aliphatic carboxylic acids is 1. The molecule has 1 rings (SSSR count). The lowest BCUT2D eigenvalue weighted by molar-refractivity contribution is -0.141. The summed E-state index contributed by atoms with van der Waals surface area (Å²) in [6.07, 6.45) is 1.69. The molecular formula is C14H18FNO2. The molecule has 1 unspecified atom stereocenters. The molecule has 0 spiro atoms. The summed E-state index contributed by atoms with van der Waals surface area (Å²) in [5.74, 6) is -1.61. The second-order valence-corrected chi connectivity index (χ2v) is 4.31. The van der Waals surface area contributed by atoms with Gasteiger partial charge in [-0.25, -0.2) is 4.39 Å². The molecule has 0 fully saturated rings. The molecule has 4 heteroatoms. The van der Waals surface area contributed by atoms with Crippen LogP contribution in [0.4, 0.5) is 4.39 Å². The Bertz CT molecular complexity index is 420. The molecule has 0 amide bonds. The topological polar surface area (TPSA) is 40.5 Å². The first-order valence-electron chi connectivity index (χ1n) is 5.84. The fourth-order valence-electron chi connectivity index (χ4n) is 1.72. The summed E-state index contributed by atoms with van der Waals surface area (Å²) in [5.41, 5.74) is 0.567. The smallest absolute Gasteiger partial charge is 0.307 e. The zero-order valence-corrected chi connectivity index (χ0v) is 10.5. The Morgan fingerprint density at radius 2 is 2.22 bits per heavy atom. The van der Waals surface area contributed by atoms with E-state index in [1.165, 1.54) is 6.07 Å². The van der Waals surface area contributed by atoms with Gasteiger partial charge in [-0.2, -0.15) is 0 Å². The number of carboxylic acid groups (broad SMARTS) is 1. The van der Waals surface area contributed by atoms with Crippen molar-refractivity contribution in [3.05, 3.63) is 48.3 Å². The maximum atomic E-state index is 13.5. The summed E-state index contributed by atoms with van der Waals surface area (Å²) in [6, 6.07) is 6.51. The van der Waals surface area contributed by atoms with Crippen molar-refractivity contribution in [1.29, 1.82) is 0 Å². The maximum absolute atomic E-state index is 13.5. The minimum absolute atomic E-state index is 0.269.